The predicted molar refractivity (Wildman–Crippen MR) is 136 cm³/mol. The monoisotopic (exact) mass is 475 g/mol. The molecule has 2 aromatic heterocycles. The highest BCUT2D eigenvalue weighted by Gasteiger charge is 2.16. The van der Waals surface area contributed by atoms with Gasteiger partial charge in [-0.25, -0.2) is 9.97 Å². The number of likely N-dealkylation sites (N-methyl/N-ethyl adjacent to an activating group) is 1. The second-order valence-corrected chi connectivity index (χ2v) is 8.26. The molecule has 0 atom stereocenters. The Morgan fingerprint density at radius 2 is 1.91 bits per heavy atom. The Labute approximate surface area is 203 Å². The molecule has 10 nitrogen and oxygen atoms in total. The van der Waals surface area contributed by atoms with Crippen LogP contribution < -0.4 is 20.1 Å². The first-order valence-electron chi connectivity index (χ1n) is 11.1. The van der Waals surface area contributed by atoms with E-state index in [1.54, 1.807) is 25.4 Å². The zero-order chi connectivity index (χ0) is 24.9. The van der Waals surface area contributed by atoms with E-state index in [-0.39, 0.29) is 5.91 Å². The molecule has 10 heteroatoms. The summed E-state index contributed by atoms with van der Waals surface area (Å²) < 4.78 is 13.3. The Hall–Kier alpha value is -4.18. The van der Waals surface area contributed by atoms with Crippen molar-refractivity contribution < 1.29 is 14.3 Å². The summed E-state index contributed by atoms with van der Waals surface area (Å²) in [6, 6.07) is 13.3. The van der Waals surface area contributed by atoms with Crippen LogP contribution in [-0.4, -0.2) is 64.9 Å². The lowest BCUT2D eigenvalue weighted by Crippen LogP contribution is -2.20. The maximum Gasteiger partial charge on any atom is 0.227 e. The van der Waals surface area contributed by atoms with E-state index in [4.69, 9.17) is 14.5 Å². The molecule has 0 spiro atoms. The number of aryl methyl sites for hydroxylation is 1. The molecule has 182 valence electrons. The summed E-state index contributed by atoms with van der Waals surface area (Å²) in [5.74, 6) is 1.21. The molecule has 35 heavy (non-hydrogen) atoms. The normalized spacial score (nSPS) is 11.0. The van der Waals surface area contributed by atoms with Crippen LogP contribution in [0.4, 0.5) is 17.3 Å². The molecule has 0 aliphatic heterocycles. The van der Waals surface area contributed by atoms with Crippen LogP contribution in [0, 0.1) is 0 Å². The van der Waals surface area contributed by atoms with Crippen molar-refractivity contribution in [1.29, 1.82) is 0 Å². The second-order valence-electron chi connectivity index (χ2n) is 8.26. The number of nitrogens with zero attached hydrogens (tertiary/aromatic N) is 5. The number of fused-ring (bicyclic) bond motifs is 1. The van der Waals surface area contributed by atoms with Gasteiger partial charge in [-0.2, -0.15) is 5.10 Å². The number of carbonyl (C=O) groups excluding carboxylic acids is 1. The summed E-state index contributed by atoms with van der Waals surface area (Å²) in [6.07, 6.45) is 1.69. The number of benzene rings is 2. The number of carbonyl (C=O) groups is 1. The molecule has 0 bridgehead atoms. The first kappa shape index (κ1) is 24.0. The molecule has 0 aliphatic carbocycles. The molecule has 2 heterocycles. The number of rotatable bonds is 9. The van der Waals surface area contributed by atoms with Crippen LogP contribution in [0.5, 0.6) is 11.5 Å². The van der Waals surface area contributed by atoms with Gasteiger partial charge in [0.2, 0.25) is 11.9 Å². The van der Waals surface area contributed by atoms with Crippen molar-refractivity contribution in [2.24, 2.45) is 7.05 Å². The van der Waals surface area contributed by atoms with Crippen molar-refractivity contribution in [3.63, 3.8) is 0 Å². The molecular weight excluding hydrogens is 446 g/mol. The van der Waals surface area contributed by atoms with E-state index >= 15 is 0 Å². The van der Waals surface area contributed by atoms with Gasteiger partial charge in [-0.05, 0) is 32.3 Å². The Bertz CT molecular complexity index is 1350. The highest BCUT2D eigenvalue weighted by Crippen LogP contribution is 2.38. The lowest BCUT2D eigenvalue weighted by atomic mass is 10.1. The number of hydrogen-bond acceptors (Lipinski definition) is 8. The van der Waals surface area contributed by atoms with E-state index in [2.05, 4.69) is 20.7 Å². The maximum absolute atomic E-state index is 11.8. The van der Waals surface area contributed by atoms with Crippen molar-refractivity contribution in [2.45, 2.75) is 6.92 Å². The summed E-state index contributed by atoms with van der Waals surface area (Å²) in [4.78, 5) is 22.9. The number of ether oxygens (including phenoxy) is 2. The molecule has 0 unspecified atom stereocenters. The fourth-order valence-electron chi connectivity index (χ4n) is 3.69. The summed E-state index contributed by atoms with van der Waals surface area (Å²) in [6.45, 7) is 2.64. The number of methoxy groups -OCH3 is 1. The lowest BCUT2D eigenvalue weighted by Gasteiger charge is -2.18. The molecule has 2 aromatic carbocycles. The Morgan fingerprint density at radius 1 is 1.11 bits per heavy atom. The molecule has 0 saturated carbocycles. The molecule has 0 fully saturated rings. The number of amides is 1. The summed E-state index contributed by atoms with van der Waals surface area (Å²) in [5, 5.41) is 11.6. The predicted octanol–water partition coefficient (Wildman–Crippen LogP) is 3.68. The van der Waals surface area contributed by atoms with Gasteiger partial charge in [0.15, 0.2) is 0 Å². The third kappa shape index (κ3) is 5.49. The van der Waals surface area contributed by atoms with E-state index in [1.807, 2.05) is 61.1 Å². The van der Waals surface area contributed by atoms with Gasteiger partial charge < -0.3 is 25.0 Å². The quantitative estimate of drug-likeness (QED) is 0.378. The minimum atomic E-state index is -0.208. The molecule has 2 N–H and O–H groups in total. The van der Waals surface area contributed by atoms with Gasteiger partial charge in [0.25, 0.3) is 0 Å². The topological polar surface area (TPSA) is 106 Å². The fraction of sp³-hybridized carbons (Fsp3) is 0.280. The first-order chi connectivity index (χ1) is 16.9. The van der Waals surface area contributed by atoms with E-state index in [0.717, 1.165) is 28.8 Å². The molecular formula is C25H29N7O3. The van der Waals surface area contributed by atoms with Gasteiger partial charge in [-0.15, -0.1) is 0 Å². The smallest absolute Gasteiger partial charge is 0.227 e. The van der Waals surface area contributed by atoms with Crippen LogP contribution in [0.2, 0.25) is 0 Å². The lowest BCUT2D eigenvalue weighted by molar-refractivity contribution is -0.114. The molecule has 0 aliphatic rings. The standard InChI is InChI=1S/C25H29N7O3/c1-16(33)27-21-14-20(22(34-5)15-23(21)35-13-12-31(2)3)29-25-26-11-10-19(28-25)24-17-8-6-7-9-18(17)30-32(24)4/h6-11,14-15H,12-13H2,1-5H3,(H,27,33)(H,26,28,29). The van der Waals surface area contributed by atoms with Gasteiger partial charge in [-0.3, -0.25) is 9.48 Å². The molecule has 0 saturated heterocycles. The van der Waals surface area contributed by atoms with Crippen LogP contribution in [0.25, 0.3) is 22.3 Å². The second kappa shape index (κ2) is 10.4. The number of aromatic nitrogens is 4. The SMILES string of the molecule is COc1cc(OCCN(C)C)c(NC(C)=O)cc1Nc1nccc(-c2c3ccccc3nn2C)n1. The fourth-order valence-corrected chi connectivity index (χ4v) is 3.69. The van der Waals surface area contributed by atoms with Crippen molar-refractivity contribution in [3.8, 4) is 22.9 Å². The molecule has 4 aromatic rings. The third-order valence-corrected chi connectivity index (χ3v) is 5.29. The van der Waals surface area contributed by atoms with E-state index in [1.165, 1.54) is 6.92 Å². The third-order valence-electron chi connectivity index (χ3n) is 5.29. The van der Waals surface area contributed by atoms with Crippen molar-refractivity contribution in [1.82, 2.24) is 24.6 Å². The van der Waals surface area contributed by atoms with E-state index in [0.29, 0.717) is 35.4 Å². The summed E-state index contributed by atoms with van der Waals surface area (Å²) >= 11 is 0. The van der Waals surface area contributed by atoms with Gasteiger partial charge in [0, 0.05) is 38.2 Å². The highest BCUT2D eigenvalue weighted by atomic mass is 16.5. The van der Waals surface area contributed by atoms with Crippen LogP contribution in [0.3, 0.4) is 0 Å². The number of hydrogen-bond donors (Lipinski definition) is 2. The summed E-state index contributed by atoms with van der Waals surface area (Å²) in [5.41, 5.74) is 3.62. The van der Waals surface area contributed by atoms with E-state index < -0.39 is 0 Å². The van der Waals surface area contributed by atoms with Gasteiger partial charge in [0.05, 0.1) is 35.4 Å². The van der Waals surface area contributed by atoms with Crippen molar-refractivity contribution in [2.75, 3.05) is 45.0 Å². The molecule has 0 radical (unpaired) electrons. The van der Waals surface area contributed by atoms with Crippen LogP contribution in [-0.2, 0) is 11.8 Å². The Balaban J connectivity index is 1.67. The average Bonchev–Trinajstić information content (AvgIpc) is 3.15. The van der Waals surface area contributed by atoms with Gasteiger partial charge >= 0.3 is 0 Å². The van der Waals surface area contributed by atoms with Crippen LogP contribution in [0.15, 0.2) is 48.7 Å². The average molecular weight is 476 g/mol. The van der Waals surface area contributed by atoms with Crippen LogP contribution in [0.1, 0.15) is 6.92 Å². The minimum Gasteiger partial charge on any atom is -0.494 e. The minimum absolute atomic E-state index is 0.208. The highest BCUT2D eigenvalue weighted by molar-refractivity contribution is 5.93. The molecule has 4 rings (SSSR count). The Morgan fingerprint density at radius 3 is 2.66 bits per heavy atom. The largest absolute Gasteiger partial charge is 0.494 e. The maximum atomic E-state index is 11.8. The number of anilines is 3. The number of nitrogens with one attached hydrogen (secondary N) is 2. The van der Waals surface area contributed by atoms with Crippen LogP contribution >= 0.6 is 0 Å². The molecule has 1 amide bonds. The van der Waals surface area contributed by atoms with Crippen molar-refractivity contribution in [3.05, 3.63) is 48.7 Å². The zero-order valence-electron chi connectivity index (χ0n) is 20.5. The summed E-state index contributed by atoms with van der Waals surface area (Å²) in [7, 11) is 7.39. The first-order valence-corrected chi connectivity index (χ1v) is 11.1. The van der Waals surface area contributed by atoms with E-state index in [9.17, 15) is 4.79 Å². The van der Waals surface area contributed by atoms with Gasteiger partial charge in [-0.1, -0.05) is 18.2 Å². The van der Waals surface area contributed by atoms with Gasteiger partial charge in [0.1, 0.15) is 18.1 Å². The zero-order valence-corrected chi connectivity index (χ0v) is 20.5. The van der Waals surface area contributed by atoms with Crippen molar-refractivity contribution >= 4 is 34.1 Å². The Kier molecular flexibility index (Phi) is 7.11.